The fourth-order valence-electron chi connectivity index (χ4n) is 3.59. The molecule has 3 rings (SSSR count). The molecule has 1 fully saturated rings. The molecule has 0 unspecified atom stereocenters. The number of hydrogen-bond donors (Lipinski definition) is 2. The van der Waals surface area contributed by atoms with Crippen LogP contribution in [0.4, 0.5) is 0 Å². The first-order valence-electron chi connectivity index (χ1n) is 9.17. The van der Waals surface area contributed by atoms with Crippen LogP contribution in [0.2, 0.25) is 0 Å². The van der Waals surface area contributed by atoms with E-state index in [4.69, 9.17) is 0 Å². The smallest absolute Gasteiger partial charge is 0.254 e. The third-order valence-corrected chi connectivity index (χ3v) is 5.00. The average Bonchev–Trinajstić information content (AvgIpc) is 2.62. The van der Waals surface area contributed by atoms with Gasteiger partial charge >= 0.3 is 0 Å². The first-order valence-corrected chi connectivity index (χ1v) is 9.17. The number of amides is 1. The van der Waals surface area contributed by atoms with Crippen LogP contribution in [0.1, 0.15) is 54.6 Å². The van der Waals surface area contributed by atoms with E-state index >= 15 is 0 Å². The molecule has 2 N–H and O–H groups in total. The lowest BCUT2D eigenvalue weighted by molar-refractivity contribution is 0.0771. The number of aromatic nitrogens is 1. The maximum absolute atomic E-state index is 13.0. The van der Waals surface area contributed by atoms with Crippen molar-refractivity contribution in [2.45, 2.75) is 57.6 Å². The van der Waals surface area contributed by atoms with Crippen LogP contribution in [0.3, 0.4) is 0 Å². The summed E-state index contributed by atoms with van der Waals surface area (Å²) in [6.45, 7) is 1.86. The molecule has 1 heterocycles. The van der Waals surface area contributed by atoms with Gasteiger partial charge in [0.1, 0.15) is 0 Å². The molecule has 2 aromatic rings. The number of aliphatic hydroxyl groups is 1. The van der Waals surface area contributed by atoms with E-state index in [9.17, 15) is 9.90 Å². The number of benzene rings is 1. The summed E-state index contributed by atoms with van der Waals surface area (Å²) in [4.78, 5) is 17.3. The van der Waals surface area contributed by atoms with Crippen molar-refractivity contribution < 1.29 is 9.90 Å². The summed E-state index contributed by atoms with van der Waals surface area (Å²) >= 11 is 0. The van der Waals surface area contributed by atoms with E-state index in [0.717, 1.165) is 43.2 Å². The molecule has 0 radical (unpaired) electrons. The fourth-order valence-corrected chi connectivity index (χ4v) is 3.59. The van der Waals surface area contributed by atoms with E-state index in [2.05, 4.69) is 10.3 Å². The molecule has 1 amide bonds. The summed E-state index contributed by atoms with van der Waals surface area (Å²) in [5.74, 6) is -0.144. The number of rotatable bonds is 3. The quantitative estimate of drug-likeness (QED) is 0.893. The number of carbonyl (C=O) groups is 1. The Morgan fingerprint density at radius 2 is 1.80 bits per heavy atom. The minimum atomic E-state index is -0.471. The molecular weight excluding hydrogens is 312 g/mol. The molecule has 0 spiro atoms. The molecule has 132 valence electrons. The van der Waals surface area contributed by atoms with Crippen molar-refractivity contribution in [1.29, 1.82) is 0 Å². The van der Waals surface area contributed by atoms with Gasteiger partial charge in [0.25, 0.3) is 5.91 Å². The Bertz CT molecular complexity index is 715. The van der Waals surface area contributed by atoms with E-state index in [1.54, 1.807) is 6.20 Å². The SMILES string of the molecule is Cc1nccc(-c2ccccc2)c1C(=O)N[C@H]1CCCCCC[C@@H]1O. The lowest BCUT2D eigenvalue weighted by Crippen LogP contribution is -2.44. The molecule has 1 aromatic carbocycles. The van der Waals surface area contributed by atoms with Crippen molar-refractivity contribution in [1.82, 2.24) is 10.3 Å². The lowest BCUT2D eigenvalue weighted by atomic mass is 9.93. The van der Waals surface area contributed by atoms with Crippen LogP contribution >= 0.6 is 0 Å². The molecule has 0 aliphatic heterocycles. The van der Waals surface area contributed by atoms with Gasteiger partial charge in [0, 0.05) is 6.20 Å². The van der Waals surface area contributed by atoms with Crippen molar-refractivity contribution in [2.75, 3.05) is 0 Å². The third kappa shape index (κ3) is 4.26. The van der Waals surface area contributed by atoms with Gasteiger partial charge in [-0.2, -0.15) is 0 Å². The van der Waals surface area contributed by atoms with Crippen molar-refractivity contribution in [3.05, 3.63) is 53.9 Å². The Labute approximate surface area is 149 Å². The summed E-state index contributed by atoms with van der Waals surface area (Å²) < 4.78 is 0. The van der Waals surface area contributed by atoms with E-state index in [1.807, 2.05) is 43.3 Å². The molecular formula is C21H26N2O2. The van der Waals surface area contributed by atoms with Gasteiger partial charge in [0.2, 0.25) is 0 Å². The second kappa shape index (κ2) is 8.26. The van der Waals surface area contributed by atoms with Gasteiger partial charge in [0.05, 0.1) is 23.4 Å². The lowest BCUT2D eigenvalue weighted by Gasteiger charge is -2.27. The zero-order valence-corrected chi connectivity index (χ0v) is 14.7. The van der Waals surface area contributed by atoms with Crippen LogP contribution < -0.4 is 5.32 Å². The van der Waals surface area contributed by atoms with Gasteiger partial charge in [-0.3, -0.25) is 9.78 Å². The molecule has 2 atom stereocenters. The van der Waals surface area contributed by atoms with E-state index < -0.39 is 6.10 Å². The number of nitrogens with zero attached hydrogens (tertiary/aromatic N) is 1. The third-order valence-electron chi connectivity index (χ3n) is 5.00. The van der Waals surface area contributed by atoms with Crippen LogP contribution in [0, 0.1) is 6.92 Å². The van der Waals surface area contributed by atoms with Gasteiger partial charge in [0.15, 0.2) is 0 Å². The van der Waals surface area contributed by atoms with Crippen molar-refractivity contribution in [3.63, 3.8) is 0 Å². The van der Waals surface area contributed by atoms with E-state index in [1.165, 1.54) is 6.42 Å². The predicted molar refractivity (Wildman–Crippen MR) is 99.4 cm³/mol. The number of aliphatic hydroxyl groups excluding tert-OH is 1. The summed E-state index contributed by atoms with van der Waals surface area (Å²) in [7, 11) is 0. The molecule has 25 heavy (non-hydrogen) atoms. The predicted octanol–water partition coefficient (Wildman–Crippen LogP) is 3.87. The molecule has 0 bridgehead atoms. The van der Waals surface area contributed by atoms with Crippen LogP contribution in [-0.2, 0) is 0 Å². The summed E-state index contributed by atoms with van der Waals surface area (Å²) in [5, 5.41) is 13.5. The minimum Gasteiger partial charge on any atom is -0.391 e. The van der Waals surface area contributed by atoms with Crippen LogP contribution in [-0.4, -0.2) is 28.1 Å². The van der Waals surface area contributed by atoms with Crippen LogP contribution in [0.15, 0.2) is 42.6 Å². The highest BCUT2D eigenvalue weighted by atomic mass is 16.3. The van der Waals surface area contributed by atoms with Gasteiger partial charge < -0.3 is 10.4 Å². The van der Waals surface area contributed by atoms with Gasteiger partial charge in [-0.15, -0.1) is 0 Å². The van der Waals surface area contributed by atoms with Gasteiger partial charge in [-0.25, -0.2) is 0 Å². The standard InChI is InChI=1S/C21H26N2O2/c1-15-20(17(13-14-22-15)16-9-5-4-6-10-16)21(25)23-18-11-7-2-3-8-12-19(18)24/h4-6,9-10,13-14,18-19,24H,2-3,7-8,11-12H2,1H3,(H,23,25)/t18-,19-/m0/s1. The van der Waals surface area contributed by atoms with Crippen molar-refractivity contribution in [2.24, 2.45) is 0 Å². The number of carbonyl (C=O) groups excluding carboxylic acids is 1. The number of aryl methyl sites for hydroxylation is 1. The molecule has 1 aliphatic carbocycles. The topological polar surface area (TPSA) is 62.2 Å². The molecule has 0 saturated heterocycles. The van der Waals surface area contributed by atoms with Crippen molar-refractivity contribution in [3.8, 4) is 11.1 Å². The Kier molecular flexibility index (Phi) is 5.82. The Morgan fingerprint density at radius 1 is 1.08 bits per heavy atom. The van der Waals surface area contributed by atoms with Crippen molar-refractivity contribution >= 4 is 5.91 Å². The Balaban J connectivity index is 1.86. The first-order chi connectivity index (χ1) is 12.2. The molecule has 1 aromatic heterocycles. The second-order valence-corrected chi connectivity index (χ2v) is 6.82. The highest BCUT2D eigenvalue weighted by Gasteiger charge is 2.25. The highest BCUT2D eigenvalue weighted by molar-refractivity contribution is 6.02. The maximum atomic E-state index is 13.0. The average molecular weight is 338 g/mol. The van der Waals surface area contributed by atoms with Gasteiger partial charge in [-0.1, -0.05) is 56.0 Å². The van der Waals surface area contributed by atoms with E-state index in [0.29, 0.717) is 11.3 Å². The minimum absolute atomic E-state index is 0.144. The maximum Gasteiger partial charge on any atom is 0.254 e. The van der Waals surface area contributed by atoms with Crippen LogP contribution in [0.25, 0.3) is 11.1 Å². The first kappa shape index (κ1) is 17.6. The number of nitrogens with one attached hydrogen (secondary N) is 1. The summed E-state index contributed by atoms with van der Waals surface area (Å²) in [6, 6.07) is 11.6. The normalized spacial score (nSPS) is 21.2. The zero-order chi connectivity index (χ0) is 17.6. The number of hydrogen-bond acceptors (Lipinski definition) is 3. The van der Waals surface area contributed by atoms with Crippen LogP contribution in [0.5, 0.6) is 0 Å². The summed E-state index contributed by atoms with van der Waals surface area (Å²) in [5.41, 5.74) is 3.18. The highest BCUT2D eigenvalue weighted by Crippen LogP contribution is 2.26. The largest absolute Gasteiger partial charge is 0.391 e. The molecule has 1 aliphatic rings. The molecule has 1 saturated carbocycles. The van der Waals surface area contributed by atoms with Gasteiger partial charge in [-0.05, 0) is 37.0 Å². The second-order valence-electron chi connectivity index (χ2n) is 6.82. The number of pyridine rings is 1. The Morgan fingerprint density at radius 3 is 2.56 bits per heavy atom. The Hall–Kier alpha value is -2.20. The molecule has 4 nitrogen and oxygen atoms in total. The molecule has 4 heteroatoms. The monoisotopic (exact) mass is 338 g/mol. The zero-order valence-electron chi connectivity index (χ0n) is 14.7. The van der Waals surface area contributed by atoms with E-state index in [-0.39, 0.29) is 11.9 Å². The fraction of sp³-hybridized carbons (Fsp3) is 0.429. The summed E-state index contributed by atoms with van der Waals surface area (Å²) in [6.07, 6.45) is 7.24.